The van der Waals surface area contributed by atoms with Crippen molar-refractivity contribution >= 4 is 0 Å². The fourth-order valence-corrected chi connectivity index (χ4v) is 3.69. The monoisotopic (exact) mass is 283 g/mol. The lowest BCUT2D eigenvalue weighted by molar-refractivity contribution is 0.412. The van der Waals surface area contributed by atoms with Gasteiger partial charge in [-0.2, -0.15) is 5.10 Å². The van der Waals surface area contributed by atoms with Crippen LogP contribution in [0, 0.1) is 13.8 Å². The summed E-state index contributed by atoms with van der Waals surface area (Å²) >= 11 is 0. The third-order valence-electron chi connectivity index (χ3n) is 4.83. The molecular weight excluding hydrogens is 258 g/mol. The molecule has 21 heavy (non-hydrogen) atoms. The van der Waals surface area contributed by atoms with Crippen LogP contribution in [0.15, 0.2) is 24.3 Å². The summed E-state index contributed by atoms with van der Waals surface area (Å²) in [4.78, 5) is 0. The van der Waals surface area contributed by atoms with Gasteiger partial charge in [-0.3, -0.25) is 4.68 Å². The molecule has 3 rings (SSSR count). The van der Waals surface area contributed by atoms with E-state index >= 15 is 0 Å². The maximum Gasteiger partial charge on any atom is 0.0644 e. The molecule has 0 spiro atoms. The van der Waals surface area contributed by atoms with Gasteiger partial charge in [-0.1, -0.05) is 24.3 Å². The van der Waals surface area contributed by atoms with Crippen molar-refractivity contribution in [1.82, 2.24) is 15.1 Å². The predicted octanol–water partition coefficient (Wildman–Crippen LogP) is 3.25. The van der Waals surface area contributed by atoms with E-state index in [1.165, 1.54) is 35.2 Å². The maximum atomic E-state index is 4.54. The van der Waals surface area contributed by atoms with Crippen molar-refractivity contribution in [3.8, 4) is 0 Å². The van der Waals surface area contributed by atoms with Crippen molar-refractivity contribution in [2.24, 2.45) is 7.05 Å². The van der Waals surface area contributed by atoms with Gasteiger partial charge in [0.05, 0.1) is 5.69 Å². The molecule has 3 heteroatoms. The van der Waals surface area contributed by atoms with Crippen LogP contribution in [0.4, 0.5) is 0 Å². The highest BCUT2D eigenvalue weighted by atomic mass is 15.3. The molecule has 0 bridgehead atoms. The highest BCUT2D eigenvalue weighted by molar-refractivity contribution is 5.31. The van der Waals surface area contributed by atoms with E-state index in [0.29, 0.717) is 12.1 Å². The number of aromatic nitrogens is 2. The number of fused-ring (bicyclic) bond motifs is 1. The van der Waals surface area contributed by atoms with Gasteiger partial charge < -0.3 is 5.32 Å². The topological polar surface area (TPSA) is 29.9 Å². The summed E-state index contributed by atoms with van der Waals surface area (Å²) in [6.07, 6.45) is 3.55. The fourth-order valence-electron chi connectivity index (χ4n) is 3.69. The second-order valence-electron chi connectivity index (χ2n) is 6.30. The molecule has 3 nitrogen and oxygen atoms in total. The van der Waals surface area contributed by atoms with E-state index in [-0.39, 0.29) is 0 Å². The lowest BCUT2D eigenvalue weighted by Crippen LogP contribution is -2.36. The minimum Gasteiger partial charge on any atom is -0.307 e. The van der Waals surface area contributed by atoms with Crippen LogP contribution >= 0.6 is 0 Å². The van der Waals surface area contributed by atoms with Crippen LogP contribution in [-0.2, 0) is 19.9 Å². The lowest BCUT2D eigenvalue weighted by atomic mass is 9.87. The third kappa shape index (κ3) is 2.75. The highest BCUT2D eigenvalue weighted by Gasteiger charge is 2.22. The van der Waals surface area contributed by atoms with Gasteiger partial charge >= 0.3 is 0 Å². The van der Waals surface area contributed by atoms with Crippen molar-refractivity contribution in [2.75, 3.05) is 0 Å². The molecule has 0 aliphatic heterocycles. The van der Waals surface area contributed by atoms with Gasteiger partial charge in [0.15, 0.2) is 0 Å². The van der Waals surface area contributed by atoms with Crippen LogP contribution in [0.3, 0.4) is 0 Å². The van der Waals surface area contributed by atoms with E-state index in [0.717, 1.165) is 12.1 Å². The average Bonchev–Trinajstić information content (AvgIpc) is 2.72. The Morgan fingerprint density at radius 1 is 1.24 bits per heavy atom. The van der Waals surface area contributed by atoms with E-state index in [1.54, 1.807) is 0 Å². The minimum absolute atomic E-state index is 0.356. The first-order chi connectivity index (χ1) is 10.1. The number of aryl methyl sites for hydroxylation is 3. The molecule has 1 aliphatic rings. The predicted molar refractivity (Wildman–Crippen MR) is 86.5 cm³/mol. The summed E-state index contributed by atoms with van der Waals surface area (Å²) in [6, 6.07) is 9.76. The van der Waals surface area contributed by atoms with Gasteiger partial charge in [-0.15, -0.1) is 0 Å². The summed E-state index contributed by atoms with van der Waals surface area (Å²) in [5, 5.41) is 8.36. The van der Waals surface area contributed by atoms with Gasteiger partial charge in [0.2, 0.25) is 0 Å². The number of nitrogens with one attached hydrogen (secondary N) is 1. The molecule has 0 saturated carbocycles. The number of benzene rings is 1. The molecule has 1 aromatic carbocycles. The second kappa shape index (κ2) is 5.64. The molecule has 1 N–H and O–H groups in total. The Labute approximate surface area is 127 Å². The molecule has 0 amide bonds. The highest BCUT2D eigenvalue weighted by Crippen LogP contribution is 2.25. The largest absolute Gasteiger partial charge is 0.307 e. The molecule has 1 aliphatic carbocycles. The van der Waals surface area contributed by atoms with Crippen LogP contribution in [0.2, 0.25) is 0 Å². The van der Waals surface area contributed by atoms with Crippen LogP contribution in [0.1, 0.15) is 47.5 Å². The van der Waals surface area contributed by atoms with Crippen LogP contribution in [0.25, 0.3) is 0 Å². The smallest absolute Gasteiger partial charge is 0.0644 e. The molecule has 112 valence electrons. The maximum absolute atomic E-state index is 4.54. The summed E-state index contributed by atoms with van der Waals surface area (Å²) < 4.78 is 1.99. The first-order valence-electron chi connectivity index (χ1n) is 7.89. The minimum atomic E-state index is 0.356. The van der Waals surface area contributed by atoms with Gasteiger partial charge in [-0.25, -0.2) is 0 Å². The van der Waals surface area contributed by atoms with Crippen molar-refractivity contribution in [2.45, 2.75) is 52.1 Å². The molecule has 0 saturated heterocycles. The van der Waals surface area contributed by atoms with Crippen LogP contribution in [0.5, 0.6) is 0 Å². The van der Waals surface area contributed by atoms with Crippen molar-refractivity contribution < 1.29 is 0 Å². The van der Waals surface area contributed by atoms with Gasteiger partial charge in [-0.05, 0) is 51.2 Å². The van der Waals surface area contributed by atoms with Crippen LogP contribution < -0.4 is 5.32 Å². The normalized spacial score (nSPS) is 19.3. The van der Waals surface area contributed by atoms with Gasteiger partial charge in [0, 0.05) is 30.4 Å². The standard InChI is InChI=1S/C18H25N3/c1-12(18-13(2)20-21(4)14(18)3)19-17-10-9-15-7-5-6-8-16(15)11-17/h5-8,12,17,19H,9-11H2,1-4H3. The van der Waals surface area contributed by atoms with Crippen molar-refractivity contribution in [3.63, 3.8) is 0 Å². The zero-order chi connectivity index (χ0) is 15.0. The summed E-state index contributed by atoms with van der Waals surface area (Å²) in [6.45, 7) is 6.53. The molecule has 1 heterocycles. The Hall–Kier alpha value is -1.61. The van der Waals surface area contributed by atoms with Crippen molar-refractivity contribution in [1.29, 1.82) is 0 Å². The molecule has 0 fully saturated rings. The summed E-state index contributed by atoms with van der Waals surface area (Å²) in [5.41, 5.74) is 6.80. The Bertz CT molecular complexity index is 642. The van der Waals surface area contributed by atoms with E-state index in [9.17, 15) is 0 Å². The molecule has 0 radical (unpaired) electrons. The van der Waals surface area contributed by atoms with E-state index in [1.807, 2.05) is 11.7 Å². The van der Waals surface area contributed by atoms with E-state index in [4.69, 9.17) is 0 Å². The Balaban J connectivity index is 1.73. The third-order valence-corrected chi connectivity index (χ3v) is 4.83. The lowest BCUT2D eigenvalue weighted by Gasteiger charge is -2.28. The van der Waals surface area contributed by atoms with Crippen molar-refractivity contribution in [3.05, 3.63) is 52.3 Å². The van der Waals surface area contributed by atoms with Crippen LogP contribution in [-0.4, -0.2) is 15.8 Å². The summed E-state index contributed by atoms with van der Waals surface area (Å²) in [7, 11) is 2.02. The quantitative estimate of drug-likeness (QED) is 0.937. The first-order valence-corrected chi connectivity index (χ1v) is 7.89. The molecule has 1 aromatic heterocycles. The number of hydrogen-bond acceptors (Lipinski definition) is 2. The zero-order valence-electron chi connectivity index (χ0n) is 13.5. The van der Waals surface area contributed by atoms with Gasteiger partial charge in [0.1, 0.15) is 0 Å². The Kier molecular flexibility index (Phi) is 3.85. The second-order valence-corrected chi connectivity index (χ2v) is 6.30. The van der Waals surface area contributed by atoms with E-state index < -0.39 is 0 Å². The van der Waals surface area contributed by atoms with Gasteiger partial charge in [0.25, 0.3) is 0 Å². The molecule has 2 aromatic rings. The zero-order valence-corrected chi connectivity index (χ0v) is 13.5. The average molecular weight is 283 g/mol. The summed E-state index contributed by atoms with van der Waals surface area (Å²) in [5.74, 6) is 0. The Morgan fingerprint density at radius 2 is 1.95 bits per heavy atom. The molecular formula is C18H25N3. The molecule has 2 unspecified atom stereocenters. The van der Waals surface area contributed by atoms with E-state index in [2.05, 4.69) is 55.5 Å². The first kappa shape index (κ1) is 14.3. The number of hydrogen-bond donors (Lipinski definition) is 1. The number of nitrogens with zero attached hydrogens (tertiary/aromatic N) is 2. The SMILES string of the molecule is Cc1nn(C)c(C)c1C(C)NC1CCc2ccccc2C1. The molecule has 2 atom stereocenters. The fraction of sp³-hybridized carbons (Fsp3) is 0.500. The number of rotatable bonds is 3. The Morgan fingerprint density at radius 3 is 2.62 bits per heavy atom.